The molecular formula is C9H21NO. The number of hydrogen-bond donors (Lipinski definition) is 2. The van der Waals surface area contributed by atoms with E-state index in [1.54, 1.807) is 0 Å². The van der Waals surface area contributed by atoms with Crippen LogP contribution in [0.25, 0.3) is 0 Å². The van der Waals surface area contributed by atoms with Gasteiger partial charge in [0, 0.05) is 6.61 Å². The fraction of sp³-hybridized carbons (Fsp3) is 1.00. The van der Waals surface area contributed by atoms with E-state index >= 15 is 0 Å². The van der Waals surface area contributed by atoms with E-state index in [9.17, 15) is 0 Å². The van der Waals surface area contributed by atoms with Gasteiger partial charge in [-0.15, -0.1) is 0 Å². The van der Waals surface area contributed by atoms with Crippen molar-refractivity contribution in [1.29, 1.82) is 0 Å². The normalized spacial score (nSPS) is 13.9. The van der Waals surface area contributed by atoms with Gasteiger partial charge in [-0.05, 0) is 31.3 Å². The van der Waals surface area contributed by atoms with E-state index < -0.39 is 0 Å². The van der Waals surface area contributed by atoms with Crippen LogP contribution in [0.2, 0.25) is 0 Å². The fourth-order valence-corrected chi connectivity index (χ4v) is 0.941. The summed E-state index contributed by atoms with van der Waals surface area (Å²) in [6, 6.07) is 0. The summed E-state index contributed by atoms with van der Waals surface area (Å²) in [4.78, 5) is 0. The lowest BCUT2D eigenvalue weighted by Gasteiger charge is -2.12. The van der Waals surface area contributed by atoms with E-state index in [1.807, 2.05) is 0 Å². The van der Waals surface area contributed by atoms with Gasteiger partial charge < -0.3 is 10.4 Å². The molecule has 0 aromatic rings. The highest BCUT2D eigenvalue weighted by molar-refractivity contribution is 4.57. The van der Waals surface area contributed by atoms with Crippen LogP contribution in [0, 0.1) is 11.8 Å². The molecule has 0 amide bonds. The van der Waals surface area contributed by atoms with Crippen molar-refractivity contribution in [3.05, 3.63) is 0 Å². The average Bonchev–Trinajstić information content (AvgIpc) is 1.87. The van der Waals surface area contributed by atoms with Gasteiger partial charge in [0.2, 0.25) is 0 Å². The lowest BCUT2D eigenvalue weighted by atomic mass is 10.1. The maximum absolute atomic E-state index is 8.62. The van der Waals surface area contributed by atoms with Crippen LogP contribution >= 0.6 is 0 Å². The first-order chi connectivity index (χ1) is 5.16. The van der Waals surface area contributed by atoms with E-state index in [2.05, 4.69) is 26.1 Å². The maximum Gasteiger partial charge on any atom is 0.0434 e. The highest BCUT2D eigenvalue weighted by Crippen LogP contribution is 1.98. The van der Waals surface area contributed by atoms with Crippen LogP contribution in [-0.4, -0.2) is 24.8 Å². The minimum absolute atomic E-state index is 0.310. The van der Waals surface area contributed by atoms with E-state index in [0.29, 0.717) is 12.5 Å². The second kappa shape index (κ2) is 6.62. The van der Waals surface area contributed by atoms with Crippen molar-refractivity contribution in [3.8, 4) is 0 Å². The summed E-state index contributed by atoms with van der Waals surface area (Å²) in [6.45, 7) is 8.97. The van der Waals surface area contributed by atoms with Crippen LogP contribution in [0.4, 0.5) is 0 Å². The third-order valence-corrected chi connectivity index (χ3v) is 1.67. The zero-order chi connectivity index (χ0) is 8.69. The molecule has 0 rings (SSSR count). The highest BCUT2D eigenvalue weighted by Gasteiger charge is 2.00. The number of aliphatic hydroxyl groups is 1. The standard InChI is InChI=1S/C9H21NO/c1-8(2)6-10-7-9(3)4-5-11/h8-11H,4-7H2,1-3H3. The summed E-state index contributed by atoms with van der Waals surface area (Å²) in [7, 11) is 0. The molecule has 2 nitrogen and oxygen atoms in total. The van der Waals surface area contributed by atoms with Crippen molar-refractivity contribution >= 4 is 0 Å². The summed E-state index contributed by atoms with van der Waals surface area (Å²) < 4.78 is 0. The first kappa shape index (κ1) is 10.9. The summed E-state index contributed by atoms with van der Waals surface area (Å²) in [6.07, 6.45) is 0.908. The summed E-state index contributed by atoms with van der Waals surface area (Å²) in [5.41, 5.74) is 0. The molecule has 0 saturated carbocycles. The number of aliphatic hydroxyl groups excluding tert-OH is 1. The van der Waals surface area contributed by atoms with Crippen LogP contribution in [0.15, 0.2) is 0 Å². The predicted octanol–water partition coefficient (Wildman–Crippen LogP) is 1.25. The molecule has 0 radical (unpaired) electrons. The van der Waals surface area contributed by atoms with Crippen molar-refractivity contribution in [1.82, 2.24) is 5.32 Å². The van der Waals surface area contributed by atoms with Gasteiger partial charge in [0.15, 0.2) is 0 Å². The predicted molar refractivity (Wildman–Crippen MR) is 48.6 cm³/mol. The molecule has 0 aromatic carbocycles. The van der Waals surface area contributed by atoms with E-state index in [4.69, 9.17) is 5.11 Å². The van der Waals surface area contributed by atoms with E-state index in [0.717, 1.165) is 25.4 Å². The zero-order valence-corrected chi connectivity index (χ0v) is 7.93. The Morgan fingerprint density at radius 2 is 1.82 bits per heavy atom. The second-order valence-electron chi connectivity index (χ2n) is 3.67. The van der Waals surface area contributed by atoms with Gasteiger partial charge in [-0.1, -0.05) is 20.8 Å². The van der Waals surface area contributed by atoms with Crippen molar-refractivity contribution in [2.24, 2.45) is 11.8 Å². The van der Waals surface area contributed by atoms with Gasteiger partial charge in [-0.3, -0.25) is 0 Å². The van der Waals surface area contributed by atoms with Gasteiger partial charge in [0.25, 0.3) is 0 Å². The summed E-state index contributed by atoms with van der Waals surface area (Å²) in [5.74, 6) is 1.31. The highest BCUT2D eigenvalue weighted by atomic mass is 16.3. The van der Waals surface area contributed by atoms with Gasteiger partial charge in [-0.25, -0.2) is 0 Å². The smallest absolute Gasteiger partial charge is 0.0434 e. The fourth-order valence-electron chi connectivity index (χ4n) is 0.941. The molecule has 2 heteroatoms. The Hall–Kier alpha value is -0.0800. The molecule has 0 aliphatic heterocycles. The maximum atomic E-state index is 8.62. The molecule has 0 aliphatic carbocycles. The zero-order valence-electron chi connectivity index (χ0n) is 7.93. The van der Waals surface area contributed by atoms with Gasteiger partial charge in [0.1, 0.15) is 0 Å². The topological polar surface area (TPSA) is 32.3 Å². The van der Waals surface area contributed by atoms with Gasteiger partial charge >= 0.3 is 0 Å². The average molecular weight is 159 g/mol. The Labute approximate surface area is 70.0 Å². The number of hydrogen-bond acceptors (Lipinski definition) is 2. The lowest BCUT2D eigenvalue weighted by molar-refractivity contribution is 0.259. The molecular weight excluding hydrogens is 138 g/mol. The van der Waals surface area contributed by atoms with Crippen molar-refractivity contribution in [3.63, 3.8) is 0 Å². The minimum atomic E-state index is 0.310. The molecule has 1 atom stereocenters. The van der Waals surface area contributed by atoms with Gasteiger partial charge in [0.05, 0.1) is 0 Å². The molecule has 0 heterocycles. The molecule has 1 unspecified atom stereocenters. The molecule has 0 saturated heterocycles. The first-order valence-corrected chi connectivity index (χ1v) is 4.48. The second-order valence-corrected chi connectivity index (χ2v) is 3.67. The molecule has 0 bridgehead atoms. The van der Waals surface area contributed by atoms with Crippen molar-refractivity contribution < 1.29 is 5.11 Å². The van der Waals surface area contributed by atoms with E-state index in [1.165, 1.54) is 0 Å². The Morgan fingerprint density at radius 1 is 1.18 bits per heavy atom. The quantitative estimate of drug-likeness (QED) is 0.611. The first-order valence-electron chi connectivity index (χ1n) is 4.48. The van der Waals surface area contributed by atoms with Crippen LogP contribution in [0.5, 0.6) is 0 Å². The third kappa shape index (κ3) is 7.82. The SMILES string of the molecule is CC(C)CNCC(C)CCO. The third-order valence-electron chi connectivity index (χ3n) is 1.67. The minimum Gasteiger partial charge on any atom is -0.396 e. The number of rotatable bonds is 6. The molecule has 0 spiro atoms. The molecule has 68 valence electrons. The Kier molecular flexibility index (Phi) is 6.57. The Morgan fingerprint density at radius 3 is 2.27 bits per heavy atom. The lowest BCUT2D eigenvalue weighted by Crippen LogP contribution is -2.25. The summed E-state index contributed by atoms with van der Waals surface area (Å²) in [5, 5.41) is 12.0. The van der Waals surface area contributed by atoms with E-state index in [-0.39, 0.29) is 0 Å². The van der Waals surface area contributed by atoms with Crippen LogP contribution in [-0.2, 0) is 0 Å². The largest absolute Gasteiger partial charge is 0.396 e. The van der Waals surface area contributed by atoms with Crippen LogP contribution < -0.4 is 5.32 Å². The van der Waals surface area contributed by atoms with Crippen LogP contribution in [0.3, 0.4) is 0 Å². The van der Waals surface area contributed by atoms with Gasteiger partial charge in [-0.2, -0.15) is 0 Å². The summed E-state index contributed by atoms with van der Waals surface area (Å²) >= 11 is 0. The van der Waals surface area contributed by atoms with Crippen molar-refractivity contribution in [2.75, 3.05) is 19.7 Å². The Bertz CT molecular complexity index is 83.6. The number of nitrogens with one attached hydrogen (secondary N) is 1. The van der Waals surface area contributed by atoms with Crippen molar-refractivity contribution in [2.45, 2.75) is 27.2 Å². The molecule has 11 heavy (non-hydrogen) atoms. The molecule has 0 fully saturated rings. The molecule has 0 aromatic heterocycles. The monoisotopic (exact) mass is 159 g/mol. The molecule has 0 aliphatic rings. The van der Waals surface area contributed by atoms with Crippen LogP contribution in [0.1, 0.15) is 27.2 Å². The Balaban J connectivity index is 3.10. The molecule has 2 N–H and O–H groups in total.